The molecule has 20 heavy (non-hydrogen) atoms. The fourth-order valence-electron chi connectivity index (χ4n) is 1.90. The number of nitrogens with zero attached hydrogens (tertiary/aromatic N) is 2. The Hall–Kier alpha value is -1.98. The summed E-state index contributed by atoms with van der Waals surface area (Å²) in [5.41, 5.74) is -0.992. The van der Waals surface area contributed by atoms with E-state index >= 15 is 0 Å². The predicted octanol–water partition coefficient (Wildman–Crippen LogP) is 1.60. The highest BCUT2D eigenvalue weighted by Crippen LogP contribution is 2.32. The molecule has 0 radical (unpaired) electrons. The van der Waals surface area contributed by atoms with E-state index in [9.17, 15) is 22.9 Å². The molecule has 0 heterocycles. The van der Waals surface area contributed by atoms with Gasteiger partial charge in [-0.05, 0) is 25.5 Å². The standard InChI is InChI=1S/C12H13FN2O4S/c1-5-6-14(4)20(18,19)12-8(2)7-10(13)11(9(12)3)15(16)17/h1,7H,6H2,2-4H3. The predicted molar refractivity (Wildman–Crippen MR) is 71.2 cm³/mol. The van der Waals surface area contributed by atoms with Crippen LogP contribution >= 0.6 is 0 Å². The van der Waals surface area contributed by atoms with Crippen molar-refractivity contribution in [3.63, 3.8) is 0 Å². The Kier molecular flexibility index (Phi) is 4.47. The third kappa shape index (κ3) is 2.64. The molecule has 0 saturated heterocycles. The van der Waals surface area contributed by atoms with E-state index in [0.717, 1.165) is 10.4 Å². The van der Waals surface area contributed by atoms with Gasteiger partial charge >= 0.3 is 5.69 Å². The van der Waals surface area contributed by atoms with E-state index in [1.165, 1.54) is 20.9 Å². The molecule has 6 nitrogen and oxygen atoms in total. The van der Waals surface area contributed by atoms with Gasteiger partial charge in [-0.1, -0.05) is 5.92 Å². The summed E-state index contributed by atoms with van der Waals surface area (Å²) in [5.74, 6) is 1.10. The topological polar surface area (TPSA) is 80.5 Å². The smallest absolute Gasteiger partial charge is 0.258 e. The lowest BCUT2D eigenvalue weighted by Gasteiger charge is -2.18. The average molecular weight is 300 g/mol. The molecule has 1 rings (SSSR count). The first-order valence-electron chi connectivity index (χ1n) is 5.48. The number of rotatable bonds is 4. The van der Waals surface area contributed by atoms with Crippen LogP contribution in [0.25, 0.3) is 0 Å². The zero-order valence-electron chi connectivity index (χ0n) is 11.2. The van der Waals surface area contributed by atoms with E-state index in [-0.39, 0.29) is 22.6 Å². The van der Waals surface area contributed by atoms with Crippen LogP contribution in [-0.2, 0) is 10.0 Å². The maximum atomic E-state index is 13.6. The van der Waals surface area contributed by atoms with E-state index in [2.05, 4.69) is 5.92 Å². The summed E-state index contributed by atoms with van der Waals surface area (Å²) in [6, 6.07) is 0.835. The second-order valence-corrected chi connectivity index (χ2v) is 6.18. The first kappa shape index (κ1) is 16.1. The van der Waals surface area contributed by atoms with E-state index < -0.39 is 26.5 Å². The van der Waals surface area contributed by atoms with E-state index in [1.54, 1.807) is 0 Å². The van der Waals surface area contributed by atoms with Crippen LogP contribution in [0.1, 0.15) is 11.1 Å². The van der Waals surface area contributed by atoms with Gasteiger partial charge in [-0.2, -0.15) is 8.70 Å². The highest BCUT2D eigenvalue weighted by Gasteiger charge is 2.31. The van der Waals surface area contributed by atoms with Crippen molar-refractivity contribution in [2.45, 2.75) is 18.7 Å². The van der Waals surface area contributed by atoms with Gasteiger partial charge in [0.05, 0.1) is 21.9 Å². The number of nitro benzene ring substituents is 1. The average Bonchev–Trinajstić information content (AvgIpc) is 2.26. The molecule has 0 N–H and O–H groups in total. The van der Waals surface area contributed by atoms with Crippen LogP contribution in [-0.4, -0.2) is 31.2 Å². The summed E-state index contributed by atoms with van der Waals surface area (Å²) >= 11 is 0. The van der Waals surface area contributed by atoms with Crippen LogP contribution in [0.2, 0.25) is 0 Å². The van der Waals surface area contributed by atoms with Crippen molar-refractivity contribution < 1.29 is 17.7 Å². The number of aryl methyl sites for hydroxylation is 1. The number of hydrogen-bond acceptors (Lipinski definition) is 4. The van der Waals surface area contributed by atoms with Gasteiger partial charge in [-0.25, -0.2) is 8.42 Å². The maximum Gasteiger partial charge on any atom is 0.309 e. The molecule has 0 unspecified atom stereocenters. The minimum atomic E-state index is -4.02. The number of halogens is 1. The monoisotopic (exact) mass is 300 g/mol. The van der Waals surface area contributed by atoms with Crippen LogP contribution in [0.4, 0.5) is 10.1 Å². The minimum absolute atomic E-state index is 0.0921. The zero-order valence-corrected chi connectivity index (χ0v) is 12.0. The molecule has 0 spiro atoms. The van der Waals surface area contributed by atoms with Crippen molar-refractivity contribution in [3.8, 4) is 12.3 Å². The van der Waals surface area contributed by atoms with Gasteiger partial charge in [0, 0.05) is 7.05 Å². The maximum absolute atomic E-state index is 13.6. The molecule has 8 heteroatoms. The van der Waals surface area contributed by atoms with Crippen molar-refractivity contribution in [2.24, 2.45) is 0 Å². The lowest BCUT2D eigenvalue weighted by molar-refractivity contribution is -0.388. The van der Waals surface area contributed by atoms with E-state index in [4.69, 9.17) is 6.42 Å². The minimum Gasteiger partial charge on any atom is -0.258 e. The SMILES string of the molecule is C#CCN(C)S(=O)(=O)c1c(C)cc(F)c([N+](=O)[O-])c1C. The van der Waals surface area contributed by atoms with Crippen molar-refractivity contribution in [2.75, 3.05) is 13.6 Å². The van der Waals surface area contributed by atoms with Crippen LogP contribution in [0.3, 0.4) is 0 Å². The third-order valence-corrected chi connectivity index (χ3v) is 4.88. The number of nitro groups is 1. The fourth-order valence-corrected chi connectivity index (χ4v) is 3.40. The Morgan fingerprint density at radius 2 is 2.05 bits per heavy atom. The van der Waals surface area contributed by atoms with E-state index in [0.29, 0.717) is 0 Å². The fraction of sp³-hybridized carbons (Fsp3) is 0.333. The Balaban J connectivity index is 3.67. The number of sulfonamides is 1. The van der Waals surface area contributed by atoms with Crippen molar-refractivity contribution >= 4 is 15.7 Å². The van der Waals surface area contributed by atoms with Crippen LogP contribution in [0, 0.1) is 42.1 Å². The van der Waals surface area contributed by atoms with Crippen molar-refractivity contribution in [1.29, 1.82) is 0 Å². The van der Waals surface area contributed by atoms with E-state index in [1.807, 2.05) is 0 Å². The van der Waals surface area contributed by atoms with Gasteiger partial charge in [0.2, 0.25) is 15.8 Å². The van der Waals surface area contributed by atoms with Gasteiger partial charge in [0.1, 0.15) is 0 Å². The van der Waals surface area contributed by atoms with Gasteiger partial charge in [0.15, 0.2) is 0 Å². The molecule has 0 bridgehead atoms. The van der Waals surface area contributed by atoms with Crippen molar-refractivity contribution in [3.05, 3.63) is 33.1 Å². The Morgan fingerprint density at radius 1 is 1.50 bits per heavy atom. The normalized spacial score (nSPS) is 11.4. The zero-order chi connectivity index (χ0) is 15.7. The number of terminal acetylenes is 1. The lowest BCUT2D eigenvalue weighted by atomic mass is 10.1. The third-order valence-electron chi connectivity index (χ3n) is 2.79. The van der Waals surface area contributed by atoms with Crippen LogP contribution < -0.4 is 0 Å². The largest absolute Gasteiger partial charge is 0.309 e. The molecule has 108 valence electrons. The van der Waals surface area contributed by atoms with Gasteiger partial charge in [0.25, 0.3) is 0 Å². The first-order chi connectivity index (χ1) is 9.14. The first-order valence-corrected chi connectivity index (χ1v) is 6.92. The second-order valence-electron chi connectivity index (χ2n) is 4.20. The summed E-state index contributed by atoms with van der Waals surface area (Å²) < 4.78 is 39.1. The Bertz CT molecular complexity index is 707. The molecular formula is C12H13FN2O4S. The summed E-state index contributed by atoms with van der Waals surface area (Å²) in [6.45, 7) is 2.38. The molecule has 1 aromatic rings. The molecule has 0 atom stereocenters. The Labute approximate surface area is 116 Å². The van der Waals surface area contributed by atoms with Crippen LogP contribution in [0.15, 0.2) is 11.0 Å². The molecule has 0 amide bonds. The van der Waals surface area contributed by atoms with Gasteiger partial charge in [-0.15, -0.1) is 6.42 Å². The summed E-state index contributed by atoms with van der Waals surface area (Å²) in [4.78, 5) is 9.62. The Morgan fingerprint density at radius 3 is 2.50 bits per heavy atom. The number of hydrogen-bond donors (Lipinski definition) is 0. The molecule has 0 aliphatic rings. The molecule has 0 aliphatic heterocycles. The van der Waals surface area contributed by atoms with Gasteiger partial charge in [-0.3, -0.25) is 10.1 Å². The molecule has 0 aromatic heterocycles. The second kappa shape index (κ2) is 5.56. The molecular weight excluding hydrogens is 287 g/mol. The van der Waals surface area contributed by atoms with Crippen molar-refractivity contribution in [1.82, 2.24) is 4.31 Å². The highest BCUT2D eigenvalue weighted by molar-refractivity contribution is 7.89. The summed E-state index contributed by atoms with van der Waals surface area (Å²) in [5, 5.41) is 10.9. The lowest BCUT2D eigenvalue weighted by Crippen LogP contribution is -2.28. The van der Waals surface area contributed by atoms with Crippen LogP contribution in [0.5, 0.6) is 0 Å². The number of benzene rings is 1. The summed E-state index contributed by atoms with van der Waals surface area (Å²) in [6.07, 6.45) is 5.06. The molecule has 0 aliphatic carbocycles. The summed E-state index contributed by atoms with van der Waals surface area (Å²) in [7, 11) is -2.76. The molecule has 0 fully saturated rings. The highest BCUT2D eigenvalue weighted by atomic mass is 32.2. The van der Waals surface area contributed by atoms with Gasteiger partial charge < -0.3 is 0 Å². The quantitative estimate of drug-likeness (QED) is 0.480. The molecule has 0 saturated carbocycles. The molecule has 1 aromatic carbocycles.